The zero-order valence-electron chi connectivity index (χ0n) is 23.3. The summed E-state index contributed by atoms with van der Waals surface area (Å²) in [6.45, 7) is 0. The molecule has 2 atom stereocenters. The fourth-order valence-electron chi connectivity index (χ4n) is 5.39. The third-order valence-corrected chi connectivity index (χ3v) is 7.35. The highest BCUT2D eigenvalue weighted by Crippen LogP contribution is 2.40. The predicted octanol–water partition coefficient (Wildman–Crippen LogP) is 8.08. The van der Waals surface area contributed by atoms with Gasteiger partial charge in [-0.1, -0.05) is 97.1 Å². The normalized spacial score (nSPS) is 12.3. The summed E-state index contributed by atoms with van der Waals surface area (Å²) in [5.74, 6) is 2.94. The van der Waals surface area contributed by atoms with Crippen molar-refractivity contribution >= 4 is 0 Å². The van der Waals surface area contributed by atoms with Crippen LogP contribution in [0.1, 0.15) is 45.2 Å². The Hall–Kier alpha value is -4.70. The summed E-state index contributed by atoms with van der Waals surface area (Å²) in [6, 6.07) is 42.4. The Kier molecular flexibility index (Phi) is 8.36. The van der Waals surface area contributed by atoms with Crippen molar-refractivity contribution in [1.29, 1.82) is 0 Å². The maximum atomic E-state index is 5.64. The first kappa shape index (κ1) is 26.9. The lowest BCUT2D eigenvalue weighted by atomic mass is 9.81. The standard InChI is InChI=1S/C36H34O4/c1-37-31-21-19-29(23-33(31)39-3)35(25-11-7-5-8-12-25)27-15-17-28(18-16-27)36(26-13-9-6-10-14-26)30-20-22-32(38-2)34(24-30)40-4/h5-24,35-36H,1-4H3. The largest absolute Gasteiger partial charge is 0.493 e. The van der Waals surface area contributed by atoms with Crippen LogP contribution in [-0.4, -0.2) is 28.4 Å². The molecule has 5 rings (SSSR count). The SMILES string of the molecule is COc1ccc(C(c2ccccc2)c2ccc(C(c3ccccc3)c3ccc(OC)c(OC)c3)cc2)cc1OC. The fraction of sp³-hybridized carbons (Fsp3) is 0.167. The summed E-state index contributed by atoms with van der Waals surface area (Å²) in [5.41, 5.74) is 7.08. The maximum Gasteiger partial charge on any atom is 0.161 e. The topological polar surface area (TPSA) is 36.9 Å². The third kappa shape index (κ3) is 5.52. The lowest BCUT2D eigenvalue weighted by Gasteiger charge is -2.23. The highest BCUT2D eigenvalue weighted by atomic mass is 16.5. The number of rotatable bonds is 10. The molecule has 40 heavy (non-hydrogen) atoms. The molecule has 0 fully saturated rings. The number of benzene rings is 5. The zero-order chi connectivity index (χ0) is 27.9. The van der Waals surface area contributed by atoms with Crippen molar-refractivity contribution in [1.82, 2.24) is 0 Å². The van der Waals surface area contributed by atoms with Gasteiger partial charge in [0.25, 0.3) is 0 Å². The Morgan fingerprint density at radius 2 is 0.625 bits per heavy atom. The van der Waals surface area contributed by atoms with Gasteiger partial charge in [0.2, 0.25) is 0 Å². The molecule has 202 valence electrons. The van der Waals surface area contributed by atoms with Crippen molar-refractivity contribution in [2.24, 2.45) is 0 Å². The number of methoxy groups -OCH3 is 4. The summed E-state index contributed by atoms with van der Waals surface area (Å²) < 4.78 is 22.3. The third-order valence-electron chi connectivity index (χ3n) is 7.35. The van der Waals surface area contributed by atoms with Gasteiger partial charge < -0.3 is 18.9 Å². The van der Waals surface area contributed by atoms with E-state index in [4.69, 9.17) is 18.9 Å². The highest BCUT2D eigenvalue weighted by molar-refractivity contribution is 5.53. The molecule has 2 unspecified atom stereocenters. The second kappa shape index (κ2) is 12.4. The van der Waals surface area contributed by atoms with E-state index >= 15 is 0 Å². The minimum absolute atomic E-state index is 0.0336. The van der Waals surface area contributed by atoms with Crippen LogP contribution in [-0.2, 0) is 0 Å². The summed E-state index contributed by atoms with van der Waals surface area (Å²) >= 11 is 0. The van der Waals surface area contributed by atoms with Crippen molar-refractivity contribution < 1.29 is 18.9 Å². The molecule has 0 aliphatic carbocycles. The van der Waals surface area contributed by atoms with Crippen molar-refractivity contribution in [3.8, 4) is 23.0 Å². The van der Waals surface area contributed by atoms with E-state index in [1.165, 1.54) is 22.3 Å². The second-order valence-corrected chi connectivity index (χ2v) is 9.58. The van der Waals surface area contributed by atoms with Crippen LogP contribution in [0.4, 0.5) is 0 Å². The molecule has 0 heterocycles. The average molecular weight is 531 g/mol. The molecule has 0 aliphatic heterocycles. The van der Waals surface area contributed by atoms with Crippen LogP contribution in [0.15, 0.2) is 121 Å². The van der Waals surface area contributed by atoms with E-state index in [0.717, 1.165) is 22.6 Å². The molecular formula is C36H34O4. The first-order valence-corrected chi connectivity index (χ1v) is 13.3. The van der Waals surface area contributed by atoms with Crippen LogP contribution in [0, 0.1) is 0 Å². The van der Waals surface area contributed by atoms with Gasteiger partial charge in [0.15, 0.2) is 23.0 Å². The summed E-state index contributed by atoms with van der Waals surface area (Å²) in [5, 5.41) is 0. The van der Waals surface area contributed by atoms with Crippen LogP contribution in [0.25, 0.3) is 0 Å². The molecule has 0 amide bonds. The molecular weight excluding hydrogens is 496 g/mol. The van der Waals surface area contributed by atoms with Gasteiger partial charge in [-0.2, -0.15) is 0 Å². The molecule has 5 aromatic rings. The Bertz CT molecular complexity index is 1410. The van der Waals surface area contributed by atoms with E-state index < -0.39 is 0 Å². The van der Waals surface area contributed by atoms with Gasteiger partial charge in [0.1, 0.15) is 0 Å². The van der Waals surface area contributed by atoms with Crippen LogP contribution >= 0.6 is 0 Å². The molecule has 0 spiro atoms. The molecule has 0 N–H and O–H groups in total. The maximum absolute atomic E-state index is 5.64. The lowest BCUT2D eigenvalue weighted by Crippen LogP contribution is -2.07. The van der Waals surface area contributed by atoms with E-state index in [-0.39, 0.29) is 11.8 Å². The summed E-state index contributed by atoms with van der Waals surface area (Å²) in [6.07, 6.45) is 0. The Morgan fingerprint density at radius 3 is 0.950 bits per heavy atom. The fourth-order valence-corrected chi connectivity index (χ4v) is 5.39. The molecule has 0 saturated heterocycles. The van der Waals surface area contributed by atoms with Gasteiger partial charge in [-0.05, 0) is 57.6 Å². The quantitative estimate of drug-likeness (QED) is 0.171. The molecule has 0 radical (unpaired) electrons. The first-order chi connectivity index (χ1) is 19.7. The van der Waals surface area contributed by atoms with E-state index in [9.17, 15) is 0 Å². The van der Waals surface area contributed by atoms with Gasteiger partial charge >= 0.3 is 0 Å². The van der Waals surface area contributed by atoms with E-state index in [1.54, 1.807) is 28.4 Å². The molecule has 4 nitrogen and oxygen atoms in total. The summed E-state index contributed by atoms with van der Waals surface area (Å²) in [7, 11) is 6.66. The minimum Gasteiger partial charge on any atom is -0.493 e. The molecule has 0 aliphatic rings. The van der Waals surface area contributed by atoms with Gasteiger partial charge in [-0.25, -0.2) is 0 Å². The van der Waals surface area contributed by atoms with Gasteiger partial charge in [-0.15, -0.1) is 0 Å². The minimum atomic E-state index is 0.0336. The van der Waals surface area contributed by atoms with E-state index in [1.807, 2.05) is 24.3 Å². The lowest BCUT2D eigenvalue weighted by molar-refractivity contribution is 0.354. The number of hydrogen-bond donors (Lipinski definition) is 0. The van der Waals surface area contributed by atoms with Gasteiger partial charge in [0, 0.05) is 11.8 Å². The zero-order valence-corrected chi connectivity index (χ0v) is 23.3. The monoisotopic (exact) mass is 530 g/mol. The van der Waals surface area contributed by atoms with Crippen molar-refractivity contribution in [2.45, 2.75) is 11.8 Å². The smallest absolute Gasteiger partial charge is 0.161 e. The summed E-state index contributed by atoms with van der Waals surface area (Å²) in [4.78, 5) is 0. The first-order valence-electron chi connectivity index (χ1n) is 13.3. The Balaban J connectivity index is 1.59. The predicted molar refractivity (Wildman–Crippen MR) is 160 cm³/mol. The Morgan fingerprint density at radius 1 is 0.325 bits per heavy atom. The molecule has 0 bridgehead atoms. The average Bonchev–Trinajstić information content (AvgIpc) is 3.03. The molecule has 5 aromatic carbocycles. The van der Waals surface area contributed by atoms with E-state index in [2.05, 4.69) is 97.1 Å². The molecule has 4 heteroatoms. The number of ether oxygens (including phenoxy) is 4. The van der Waals surface area contributed by atoms with Crippen molar-refractivity contribution in [3.05, 3.63) is 155 Å². The van der Waals surface area contributed by atoms with Crippen LogP contribution in [0.5, 0.6) is 23.0 Å². The van der Waals surface area contributed by atoms with Gasteiger partial charge in [-0.3, -0.25) is 0 Å². The van der Waals surface area contributed by atoms with Crippen LogP contribution in [0.3, 0.4) is 0 Å². The highest BCUT2D eigenvalue weighted by Gasteiger charge is 2.22. The van der Waals surface area contributed by atoms with Crippen LogP contribution < -0.4 is 18.9 Å². The van der Waals surface area contributed by atoms with Crippen molar-refractivity contribution in [3.63, 3.8) is 0 Å². The molecule has 0 saturated carbocycles. The Labute approximate surface area is 236 Å². The van der Waals surface area contributed by atoms with Gasteiger partial charge in [0.05, 0.1) is 28.4 Å². The molecule has 0 aromatic heterocycles. The number of hydrogen-bond acceptors (Lipinski definition) is 4. The van der Waals surface area contributed by atoms with E-state index in [0.29, 0.717) is 11.5 Å². The van der Waals surface area contributed by atoms with Crippen molar-refractivity contribution in [2.75, 3.05) is 28.4 Å². The van der Waals surface area contributed by atoms with Crippen LogP contribution in [0.2, 0.25) is 0 Å². The second-order valence-electron chi connectivity index (χ2n) is 9.58.